The van der Waals surface area contributed by atoms with Crippen molar-refractivity contribution in [1.82, 2.24) is 19.7 Å². The molecule has 1 fully saturated rings. The topological polar surface area (TPSA) is 51.9 Å². The number of piperidine rings is 1. The van der Waals surface area contributed by atoms with Crippen molar-refractivity contribution in [3.05, 3.63) is 52.1 Å². The molecule has 0 spiro atoms. The lowest BCUT2D eigenvalue weighted by Crippen LogP contribution is -2.39. The molecule has 3 aromatic rings. The fourth-order valence-electron chi connectivity index (χ4n) is 4.60. The average Bonchev–Trinajstić information content (AvgIpc) is 3.34. The maximum Gasteiger partial charge on any atom is 0.418 e. The monoisotopic (exact) mass is 420 g/mol. The molecule has 2 aliphatic heterocycles. The number of nitrogens with one attached hydrogen (secondary N) is 1. The Hall–Kier alpha value is -2.68. The Balaban J connectivity index is 1.70. The van der Waals surface area contributed by atoms with E-state index >= 15 is 0 Å². The van der Waals surface area contributed by atoms with Crippen LogP contribution in [0.2, 0.25) is 0 Å². The minimum atomic E-state index is -4.61. The summed E-state index contributed by atoms with van der Waals surface area (Å²) < 4.78 is 59.0. The van der Waals surface area contributed by atoms with E-state index in [0.717, 1.165) is 18.2 Å². The standard InChI is InChI=1S/C21H20F4N4O/c22-16-10-26-6-5-18(16)29-11-13-8-12(9-15(20(13)27-29)21(23,24)25)14-3-4-19(30)28-7-1-2-17(14)28/h3-4,8-9,11,16,18,26H,1-2,5-7,10H2/t16-,18-/m0/s1. The summed E-state index contributed by atoms with van der Waals surface area (Å²) in [5.41, 5.74) is 0.600. The van der Waals surface area contributed by atoms with Crippen molar-refractivity contribution in [1.29, 1.82) is 0 Å². The molecule has 0 radical (unpaired) electrons. The van der Waals surface area contributed by atoms with E-state index in [4.69, 9.17) is 0 Å². The molecule has 2 atom stereocenters. The molecular formula is C21H20F4N4O. The summed E-state index contributed by atoms with van der Waals surface area (Å²) in [6.45, 7) is 1.31. The van der Waals surface area contributed by atoms with E-state index in [0.29, 0.717) is 42.4 Å². The summed E-state index contributed by atoms with van der Waals surface area (Å²) in [6.07, 6.45) is -2.43. The fourth-order valence-corrected chi connectivity index (χ4v) is 4.60. The van der Waals surface area contributed by atoms with Gasteiger partial charge >= 0.3 is 6.18 Å². The lowest BCUT2D eigenvalue weighted by atomic mass is 9.98. The summed E-state index contributed by atoms with van der Waals surface area (Å²) in [5, 5.41) is 7.40. The molecule has 1 N–H and O–H groups in total. The van der Waals surface area contributed by atoms with E-state index in [-0.39, 0.29) is 17.6 Å². The summed E-state index contributed by atoms with van der Waals surface area (Å²) >= 11 is 0. The second-order valence-electron chi connectivity index (χ2n) is 7.93. The van der Waals surface area contributed by atoms with Crippen molar-refractivity contribution in [3.63, 3.8) is 0 Å². The van der Waals surface area contributed by atoms with Crippen LogP contribution in [0.25, 0.3) is 22.0 Å². The highest BCUT2D eigenvalue weighted by Gasteiger charge is 2.36. The van der Waals surface area contributed by atoms with Crippen LogP contribution in [0.5, 0.6) is 0 Å². The van der Waals surface area contributed by atoms with Crippen LogP contribution in [0.1, 0.15) is 30.1 Å². The number of benzene rings is 1. The molecule has 0 bridgehead atoms. The van der Waals surface area contributed by atoms with Gasteiger partial charge in [-0.15, -0.1) is 0 Å². The number of nitrogens with zero attached hydrogens (tertiary/aromatic N) is 3. The molecule has 0 saturated carbocycles. The summed E-state index contributed by atoms with van der Waals surface area (Å²) in [5.74, 6) is 0. The zero-order valence-corrected chi connectivity index (χ0v) is 16.0. The molecule has 4 heterocycles. The fraction of sp³-hybridized carbons (Fsp3) is 0.429. The highest BCUT2D eigenvalue weighted by Crippen LogP contribution is 2.39. The molecular weight excluding hydrogens is 400 g/mol. The van der Waals surface area contributed by atoms with Gasteiger partial charge in [0.1, 0.15) is 11.7 Å². The average molecular weight is 420 g/mol. The Morgan fingerprint density at radius 3 is 2.80 bits per heavy atom. The molecule has 1 saturated heterocycles. The van der Waals surface area contributed by atoms with E-state index in [1.807, 2.05) is 0 Å². The van der Waals surface area contributed by atoms with Gasteiger partial charge in [0.05, 0.1) is 11.6 Å². The number of rotatable bonds is 2. The van der Waals surface area contributed by atoms with Crippen molar-refractivity contribution in [2.24, 2.45) is 0 Å². The van der Waals surface area contributed by atoms with Crippen LogP contribution in [0.15, 0.2) is 35.3 Å². The van der Waals surface area contributed by atoms with Gasteiger partial charge < -0.3 is 9.88 Å². The van der Waals surface area contributed by atoms with Crippen molar-refractivity contribution < 1.29 is 17.6 Å². The Kier molecular flexibility index (Phi) is 4.46. The third-order valence-corrected chi connectivity index (χ3v) is 6.05. The summed E-state index contributed by atoms with van der Waals surface area (Å²) in [4.78, 5) is 12.1. The van der Waals surface area contributed by atoms with Gasteiger partial charge in [-0.05, 0) is 49.6 Å². The summed E-state index contributed by atoms with van der Waals surface area (Å²) in [6, 6.07) is 5.14. The highest BCUT2D eigenvalue weighted by atomic mass is 19.4. The molecule has 158 valence electrons. The van der Waals surface area contributed by atoms with Gasteiger partial charge in [0.2, 0.25) is 0 Å². The maximum atomic E-state index is 14.4. The SMILES string of the molecule is O=c1ccc(-c2cc(C(F)(F)F)c3nn([C@H]4CCNC[C@@H]4F)cc3c2)c2n1CCC2. The van der Waals surface area contributed by atoms with Crippen LogP contribution < -0.4 is 10.9 Å². The number of hydrogen-bond acceptors (Lipinski definition) is 3. The first kappa shape index (κ1) is 19.3. The molecule has 9 heteroatoms. The van der Waals surface area contributed by atoms with Gasteiger partial charge in [0, 0.05) is 42.0 Å². The van der Waals surface area contributed by atoms with Gasteiger partial charge in [0.25, 0.3) is 5.56 Å². The van der Waals surface area contributed by atoms with Gasteiger partial charge in [-0.3, -0.25) is 9.48 Å². The van der Waals surface area contributed by atoms with Crippen LogP contribution in [-0.2, 0) is 19.1 Å². The predicted octanol–water partition coefficient (Wildman–Crippen LogP) is 3.70. The molecule has 0 amide bonds. The molecule has 1 aromatic carbocycles. The zero-order valence-electron chi connectivity index (χ0n) is 16.0. The minimum Gasteiger partial charge on any atom is -0.314 e. The van der Waals surface area contributed by atoms with Crippen LogP contribution in [0, 0.1) is 0 Å². The molecule has 5 rings (SSSR count). The molecule has 2 aliphatic rings. The molecule has 30 heavy (non-hydrogen) atoms. The second kappa shape index (κ2) is 6.94. The number of hydrogen-bond donors (Lipinski definition) is 1. The Morgan fingerprint density at radius 2 is 2.03 bits per heavy atom. The highest BCUT2D eigenvalue weighted by molar-refractivity contribution is 5.88. The first-order valence-electron chi connectivity index (χ1n) is 10.0. The largest absolute Gasteiger partial charge is 0.418 e. The number of aromatic nitrogens is 3. The Labute approximate surface area is 169 Å². The second-order valence-corrected chi connectivity index (χ2v) is 7.93. The third-order valence-electron chi connectivity index (χ3n) is 6.05. The number of fused-ring (bicyclic) bond motifs is 2. The third kappa shape index (κ3) is 3.12. The first-order valence-corrected chi connectivity index (χ1v) is 10.0. The predicted molar refractivity (Wildman–Crippen MR) is 104 cm³/mol. The van der Waals surface area contributed by atoms with Gasteiger partial charge in [0.15, 0.2) is 0 Å². The number of pyridine rings is 1. The lowest BCUT2D eigenvalue weighted by Gasteiger charge is -2.26. The van der Waals surface area contributed by atoms with Gasteiger partial charge in [-0.25, -0.2) is 4.39 Å². The van der Waals surface area contributed by atoms with Crippen LogP contribution in [0.4, 0.5) is 17.6 Å². The van der Waals surface area contributed by atoms with E-state index in [9.17, 15) is 22.4 Å². The van der Waals surface area contributed by atoms with Crippen molar-refractivity contribution in [3.8, 4) is 11.1 Å². The molecule has 0 aliphatic carbocycles. The first-order chi connectivity index (χ1) is 14.3. The van der Waals surface area contributed by atoms with E-state index < -0.39 is 24.0 Å². The quantitative estimate of drug-likeness (QED) is 0.644. The lowest BCUT2D eigenvalue weighted by molar-refractivity contribution is -0.136. The number of halogens is 4. The normalized spacial score (nSPS) is 21.9. The molecule has 0 unspecified atom stereocenters. The zero-order chi connectivity index (χ0) is 21.0. The maximum absolute atomic E-state index is 14.4. The van der Waals surface area contributed by atoms with Gasteiger partial charge in [-0.2, -0.15) is 18.3 Å². The van der Waals surface area contributed by atoms with Crippen molar-refractivity contribution in [2.75, 3.05) is 13.1 Å². The summed E-state index contributed by atoms with van der Waals surface area (Å²) in [7, 11) is 0. The van der Waals surface area contributed by atoms with Crippen molar-refractivity contribution in [2.45, 2.75) is 44.2 Å². The van der Waals surface area contributed by atoms with E-state index in [1.54, 1.807) is 16.7 Å². The van der Waals surface area contributed by atoms with Crippen LogP contribution in [0.3, 0.4) is 0 Å². The van der Waals surface area contributed by atoms with E-state index in [2.05, 4.69) is 10.4 Å². The molecule has 5 nitrogen and oxygen atoms in total. The van der Waals surface area contributed by atoms with Gasteiger partial charge in [-0.1, -0.05) is 0 Å². The smallest absolute Gasteiger partial charge is 0.314 e. The van der Waals surface area contributed by atoms with E-state index in [1.165, 1.54) is 16.9 Å². The number of alkyl halides is 4. The van der Waals surface area contributed by atoms with Crippen molar-refractivity contribution >= 4 is 10.9 Å². The van der Waals surface area contributed by atoms with Crippen LogP contribution >= 0.6 is 0 Å². The molecule has 2 aromatic heterocycles. The minimum absolute atomic E-state index is 0.143. The van der Waals surface area contributed by atoms with Crippen LogP contribution in [-0.4, -0.2) is 33.6 Å². The Morgan fingerprint density at radius 1 is 1.20 bits per heavy atom. The Bertz CT molecular complexity index is 1180.